The van der Waals surface area contributed by atoms with Gasteiger partial charge in [0, 0.05) is 25.7 Å². The quantitative estimate of drug-likeness (QED) is 0.770. The Balaban J connectivity index is 2.45. The van der Waals surface area contributed by atoms with E-state index in [0.717, 1.165) is 5.69 Å². The van der Waals surface area contributed by atoms with Crippen molar-refractivity contribution in [1.82, 2.24) is 15.1 Å². The summed E-state index contributed by atoms with van der Waals surface area (Å²) in [6.07, 6.45) is 0.512. The van der Waals surface area contributed by atoms with Crippen molar-refractivity contribution in [2.24, 2.45) is 0 Å². The number of amides is 1. The molecule has 0 aliphatic rings. The molecule has 88 valence electrons. The molecule has 6 nitrogen and oxygen atoms in total. The van der Waals surface area contributed by atoms with E-state index in [-0.39, 0.29) is 12.3 Å². The molecule has 0 aliphatic carbocycles. The van der Waals surface area contributed by atoms with Gasteiger partial charge in [0.05, 0.1) is 0 Å². The molecule has 0 radical (unpaired) electrons. The molecular formula is C10H15N3O3. The van der Waals surface area contributed by atoms with Gasteiger partial charge in [-0.05, 0) is 19.4 Å². The van der Waals surface area contributed by atoms with E-state index in [1.54, 1.807) is 13.1 Å². The van der Waals surface area contributed by atoms with Crippen LogP contribution in [0.5, 0.6) is 0 Å². The number of nitrogens with zero attached hydrogens (tertiary/aromatic N) is 2. The average Bonchev–Trinajstić information content (AvgIpc) is 2.63. The van der Waals surface area contributed by atoms with Gasteiger partial charge in [-0.15, -0.1) is 0 Å². The van der Waals surface area contributed by atoms with Crippen LogP contribution < -0.4 is 0 Å². The zero-order valence-electron chi connectivity index (χ0n) is 9.36. The van der Waals surface area contributed by atoms with E-state index in [9.17, 15) is 9.59 Å². The second-order valence-corrected chi connectivity index (χ2v) is 3.66. The highest BCUT2D eigenvalue weighted by Gasteiger charge is 2.14. The average molecular weight is 225 g/mol. The molecule has 0 saturated carbocycles. The van der Waals surface area contributed by atoms with Crippen LogP contribution in [0.2, 0.25) is 0 Å². The van der Waals surface area contributed by atoms with Gasteiger partial charge in [0.2, 0.25) is 0 Å². The van der Waals surface area contributed by atoms with E-state index in [4.69, 9.17) is 5.11 Å². The lowest BCUT2D eigenvalue weighted by Crippen LogP contribution is -2.28. The Morgan fingerprint density at radius 2 is 2.25 bits per heavy atom. The zero-order chi connectivity index (χ0) is 12.1. The van der Waals surface area contributed by atoms with Crippen molar-refractivity contribution in [3.8, 4) is 0 Å². The fourth-order valence-electron chi connectivity index (χ4n) is 1.29. The molecule has 6 heteroatoms. The maximum Gasteiger partial charge on any atom is 0.303 e. The molecule has 0 bridgehead atoms. The Labute approximate surface area is 93.3 Å². The van der Waals surface area contributed by atoms with Crippen LogP contribution in [0.3, 0.4) is 0 Å². The third-order valence-corrected chi connectivity index (χ3v) is 2.16. The third kappa shape index (κ3) is 3.38. The number of aryl methyl sites for hydroxylation is 1. The number of aliphatic carboxylic acids is 1. The number of hydrogen-bond acceptors (Lipinski definition) is 3. The van der Waals surface area contributed by atoms with Crippen LogP contribution in [0.25, 0.3) is 0 Å². The van der Waals surface area contributed by atoms with Crippen molar-refractivity contribution in [2.45, 2.75) is 19.8 Å². The second-order valence-electron chi connectivity index (χ2n) is 3.66. The van der Waals surface area contributed by atoms with Crippen LogP contribution in [0.1, 0.15) is 29.0 Å². The summed E-state index contributed by atoms with van der Waals surface area (Å²) in [5.74, 6) is -1.05. The minimum atomic E-state index is -0.850. The summed E-state index contributed by atoms with van der Waals surface area (Å²) in [4.78, 5) is 23.5. The molecule has 16 heavy (non-hydrogen) atoms. The van der Waals surface area contributed by atoms with Crippen molar-refractivity contribution in [2.75, 3.05) is 13.6 Å². The van der Waals surface area contributed by atoms with Crippen molar-refractivity contribution in [3.05, 3.63) is 17.5 Å². The number of carbonyl (C=O) groups is 2. The number of carbonyl (C=O) groups excluding carboxylic acids is 1. The standard InChI is InChI=1S/C10H15N3O3/c1-7-6-8(12-11-7)10(16)13(2)5-3-4-9(14)15/h6H,3-5H2,1-2H3,(H,11,12)(H,14,15). The van der Waals surface area contributed by atoms with Gasteiger partial charge < -0.3 is 10.0 Å². The summed E-state index contributed by atoms with van der Waals surface area (Å²) in [5, 5.41) is 15.0. The maximum atomic E-state index is 11.7. The summed E-state index contributed by atoms with van der Waals surface area (Å²) in [5.41, 5.74) is 1.18. The Morgan fingerprint density at radius 1 is 1.56 bits per heavy atom. The van der Waals surface area contributed by atoms with Crippen LogP contribution in [0, 0.1) is 6.92 Å². The third-order valence-electron chi connectivity index (χ3n) is 2.16. The van der Waals surface area contributed by atoms with Gasteiger partial charge in [-0.3, -0.25) is 14.7 Å². The summed E-state index contributed by atoms with van der Waals surface area (Å²) in [7, 11) is 1.63. The molecule has 0 spiro atoms. The van der Waals surface area contributed by atoms with Gasteiger partial charge in [0.1, 0.15) is 5.69 Å². The van der Waals surface area contributed by atoms with E-state index >= 15 is 0 Å². The second kappa shape index (κ2) is 5.29. The SMILES string of the molecule is Cc1cc(C(=O)N(C)CCCC(=O)O)n[nH]1. The number of aromatic amines is 1. The highest BCUT2D eigenvalue weighted by atomic mass is 16.4. The first kappa shape index (κ1) is 12.2. The van der Waals surface area contributed by atoms with Crippen LogP contribution in [0.4, 0.5) is 0 Å². The molecule has 1 heterocycles. The molecule has 0 saturated heterocycles. The summed E-state index contributed by atoms with van der Waals surface area (Å²) >= 11 is 0. The molecule has 0 fully saturated rings. The molecule has 2 N–H and O–H groups in total. The van der Waals surface area contributed by atoms with Crippen molar-refractivity contribution in [3.63, 3.8) is 0 Å². The number of nitrogens with one attached hydrogen (secondary N) is 1. The molecule has 1 aromatic rings. The van der Waals surface area contributed by atoms with Gasteiger partial charge in [-0.25, -0.2) is 0 Å². The summed E-state index contributed by atoms with van der Waals surface area (Å²) in [6, 6.07) is 1.66. The van der Waals surface area contributed by atoms with Gasteiger partial charge in [0.15, 0.2) is 0 Å². The predicted molar refractivity (Wildman–Crippen MR) is 57.2 cm³/mol. The van der Waals surface area contributed by atoms with Gasteiger partial charge in [-0.1, -0.05) is 0 Å². The normalized spacial score (nSPS) is 10.1. The van der Waals surface area contributed by atoms with E-state index in [1.165, 1.54) is 4.90 Å². The number of hydrogen-bond donors (Lipinski definition) is 2. The van der Waals surface area contributed by atoms with Crippen LogP contribution in [-0.4, -0.2) is 45.7 Å². The topological polar surface area (TPSA) is 86.3 Å². The minimum absolute atomic E-state index is 0.0667. The first-order valence-corrected chi connectivity index (χ1v) is 5.00. The lowest BCUT2D eigenvalue weighted by Gasteiger charge is -2.14. The van der Waals surface area contributed by atoms with E-state index in [0.29, 0.717) is 18.7 Å². The smallest absolute Gasteiger partial charge is 0.303 e. The van der Waals surface area contributed by atoms with E-state index in [2.05, 4.69) is 10.2 Å². The Hall–Kier alpha value is -1.85. The van der Waals surface area contributed by atoms with E-state index in [1.807, 2.05) is 6.92 Å². The predicted octanol–water partition coefficient (Wildman–Crippen LogP) is 0.655. The maximum absolute atomic E-state index is 11.7. The first-order valence-electron chi connectivity index (χ1n) is 5.00. The molecule has 0 aromatic carbocycles. The monoisotopic (exact) mass is 225 g/mol. The van der Waals surface area contributed by atoms with Crippen LogP contribution >= 0.6 is 0 Å². The lowest BCUT2D eigenvalue weighted by molar-refractivity contribution is -0.137. The molecule has 0 aliphatic heterocycles. The molecule has 0 unspecified atom stereocenters. The number of aromatic nitrogens is 2. The van der Waals surface area contributed by atoms with Gasteiger partial charge in [-0.2, -0.15) is 5.10 Å². The largest absolute Gasteiger partial charge is 0.481 e. The number of carboxylic acids is 1. The highest BCUT2D eigenvalue weighted by Crippen LogP contribution is 2.03. The summed E-state index contributed by atoms with van der Waals surface area (Å²) in [6.45, 7) is 2.23. The Kier molecular flexibility index (Phi) is 4.04. The number of carboxylic acid groups (broad SMARTS) is 1. The Bertz CT molecular complexity index is 386. The lowest BCUT2D eigenvalue weighted by atomic mass is 10.3. The fourth-order valence-corrected chi connectivity index (χ4v) is 1.29. The van der Waals surface area contributed by atoms with Gasteiger partial charge >= 0.3 is 5.97 Å². The van der Waals surface area contributed by atoms with E-state index < -0.39 is 5.97 Å². The summed E-state index contributed by atoms with van der Waals surface area (Å²) < 4.78 is 0. The fraction of sp³-hybridized carbons (Fsp3) is 0.500. The Morgan fingerprint density at radius 3 is 2.75 bits per heavy atom. The number of rotatable bonds is 5. The van der Waals surface area contributed by atoms with Crippen molar-refractivity contribution in [1.29, 1.82) is 0 Å². The van der Waals surface area contributed by atoms with Crippen molar-refractivity contribution < 1.29 is 14.7 Å². The number of H-pyrrole nitrogens is 1. The molecule has 1 aromatic heterocycles. The zero-order valence-corrected chi connectivity index (χ0v) is 9.36. The first-order chi connectivity index (χ1) is 7.50. The van der Waals surface area contributed by atoms with Crippen LogP contribution in [-0.2, 0) is 4.79 Å². The molecule has 1 rings (SSSR count). The molecular weight excluding hydrogens is 210 g/mol. The van der Waals surface area contributed by atoms with Crippen LogP contribution in [0.15, 0.2) is 6.07 Å². The van der Waals surface area contributed by atoms with Crippen molar-refractivity contribution >= 4 is 11.9 Å². The van der Waals surface area contributed by atoms with Gasteiger partial charge in [0.25, 0.3) is 5.91 Å². The molecule has 1 amide bonds. The highest BCUT2D eigenvalue weighted by molar-refractivity contribution is 5.92. The minimum Gasteiger partial charge on any atom is -0.481 e. The molecule has 0 atom stereocenters.